The van der Waals surface area contributed by atoms with Gasteiger partial charge in [-0.3, -0.25) is 9.88 Å². The summed E-state index contributed by atoms with van der Waals surface area (Å²) in [6.45, 7) is 2.63. The maximum Gasteiger partial charge on any atom is 0.319 e. The molecule has 8 rings (SSSR count). The number of hydrogen-bond donors (Lipinski definition) is 2. The number of halogens is 3. The number of alkyl halides is 1. The highest BCUT2D eigenvalue weighted by atomic mass is 19.1. The molecule has 3 aliphatic heterocycles. The molecule has 232 valence electrons. The van der Waals surface area contributed by atoms with Crippen LogP contribution < -0.4 is 9.64 Å². The number of rotatable bonds is 5. The molecule has 8 nitrogen and oxygen atoms in total. The van der Waals surface area contributed by atoms with E-state index in [1.807, 2.05) is 0 Å². The lowest BCUT2D eigenvalue weighted by atomic mass is 9.95. The fourth-order valence-electron chi connectivity index (χ4n) is 8.36. The molecule has 2 aromatic heterocycles. The minimum absolute atomic E-state index is 0.0229. The predicted molar refractivity (Wildman–Crippen MR) is 163 cm³/mol. The Labute approximate surface area is 257 Å². The van der Waals surface area contributed by atoms with Gasteiger partial charge in [0.15, 0.2) is 5.82 Å². The summed E-state index contributed by atoms with van der Waals surface area (Å²) in [4.78, 5) is 18.0. The minimum Gasteiger partial charge on any atom is -0.508 e. The summed E-state index contributed by atoms with van der Waals surface area (Å²) in [5, 5.41) is 21.8. The van der Waals surface area contributed by atoms with Crippen LogP contribution in [0.25, 0.3) is 32.9 Å². The van der Waals surface area contributed by atoms with Crippen molar-refractivity contribution in [3.63, 3.8) is 0 Å². The van der Waals surface area contributed by atoms with Crippen LogP contribution in [0.1, 0.15) is 37.7 Å². The molecular weight excluding hydrogens is 583 g/mol. The van der Waals surface area contributed by atoms with Crippen LogP contribution in [-0.4, -0.2) is 80.7 Å². The zero-order chi connectivity index (χ0) is 31.0. The third-order valence-electron chi connectivity index (χ3n) is 10.4. The molecule has 5 heterocycles. The molecule has 11 heteroatoms. The first-order chi connectivity index (χ1) is 21.7. The van der Waals surface area contributed by atoms with Crippen molar-refractivity contribution in [1.29, 1.82) is 0 Å². The van der Waals surface area contributed by atoms with Gasteiger partial charge >= 0.3 is 6.01 Å². The van der Waals surface area contributed by atoms with Crippen LogP contribution in [0.3, 0.4) is 0 Å². The molecule has 45 heavy (non-hydrogen) atoms. The van der Waals surface area contributed by atoms with Gasteiger partial charge in [-0.25, -0.2) is 13.2 Å². The van der Waals surface area contributed by atoms with E-state index in [1.165, 1.54) is 30.5 Å². The normalized spacial score (nSPS) is 27.8. The van der Waals surface area contributed by atoms with E-state index in [-0.39, 0.29) is 64.0 Å². The molecule has 0 spiro atoms. The average Bonchev–Trinajstić information content (AvgIpc) is 3.75. The summed E-state index contributed by atoms with van der Waals surface area (Å²) in [5.74, 6) is 1.81. The number of phenolic OH excluding ortho intramolecular Hbond substituents is 1. The second-order valence-electron chi connectivity index (χ2n) is 13.1. The summed E-state index contributed by atoms with van der Waals surface area (Å²) < 4.78 is 52.2. The Bertz CT molecular complexity index is 1890. The highest BCUT2D eigenvalue weighted by Gasteiger charge is 2.49. The Balaban J connectivity index is 1.26. The standard InChI is InChI=1S/C34H32F3N5O3/c1-2-24-27(36)5-4-18-8-23(44)11-25(28(18)24)30-29(37)31-26(13-38-30)32(41-14-19-9-22(43)10-20(19)15-41)40-33(39-31)45-17-34-6-3-7-42(34)16-21(35)12-34/h1,4-5,8,11,13,19-22,43-44H,3,6-7,9-10,12,14-17H2/t19-,20+,21-,22?,34+/m1/s1. The van der Waals surface area contributed by atoms with Crippen molar-refractivity contribution in [2.45, 2.75) is 49.9 Å². The van der Waals surface area contributed by atoms with Crippen molar-refractivity contribution in [2.24, 2.45) is 11.8 Å². The molecule has 4 aliphatic rings. The number of nitrogens with zero attached hydrogens (tertiary/aromatic N) is 5. The summed E-state index contributed by atoms with van der Waals surface area (Å²) in [6, 6.07) is 5.40. The van der Waals surface area contributed by atoms with Crippen molar-refractivity contribution < 1.29 is 28.1 Å². The molecule has 0 radical (unpaired) electrons. The van der Waals surface area contributed by atoms with Gasteiger partial charge in [0.05, 0.1) is 22.6 Å². The number of pyridine rings is 1. The maximum atomic E-state index is 16.7. The van der Waals surface area contributed by atoms with Gasteiger partial charge in [-0.1, -0.05) is 12.0 Å². The second kappa shape index (κ2) is 10.5. The summed E-state index contributed by atoms with van der Waals surface area (Å²) in [6.07, 6.45) is 9.42. The second-order valence-corrected chi connectivity index (χ2v) is 13.1. The molecule has 2 N–H and O–H groups in total. The number of aliphatic hydroxyl groups is 1. The predicted octanol–water partition coefficient (Wildman–Crippen LogP) is 4.97. The first kappa shape index (κ1) is 28.3. The van der Waals surface area contributed by atoms with E-state index in [2.05, 4.69) is 25.7 Å². The van der Waals surface area contributed by atoms with Gasteiger partial charge in [0, 0.05) is 43.2 Å². The van der Waals surface area contributed by atoms with E-state index in [9.17, 15) is 19.0 Å². The van der Waals surface area contributed by atoms with Crippen LogP contribution in [0.5, 0.6) is 11.8 Å². The largest absolute Gasteiger partial charge is 0.508 e. The van der Waals surface area contributed by atoms with E-state index in [1.54, 1.807) is 0 Å². The molecule has 3 saturated heterocycles. The van der Waals surface area contributed by atoms with Crippen molar-refractivity contribution in [1.82, 2.24) is 19.9 Å². The lowest BCUT2D eigenvalue weighted by Gasteiger charge is -2.31. The highest BCUT2D eigenvalue weighted by Crippen LogP contribution is 2.44. The fraction of sp³-hybridized carbons (Fsp3) is 0.441. The number of fused-ring (bicyclic) bond motifs is 4. The topological polar surface area (TPSA) is 94.8 Å². The van der Waals surface area contributed by atoms with E-state index in [0.717, 1.165) is 19.4 Å². The first-order valence-corrected chi connectivity index (χ1v) is 15.5. The quantitative estimate of drug-likeness (QED) is 0.304. The van der Waals surface area contributed by atoms with Gasteiger partial charge in [0.1, 0.15) is 41.4 Å². The number of benzene rings is 2. The van der Waals surface area contributed by atoms with E-state index in [0.29, 0.717) is 55.5 Å². The Kier molecular flexibility index (Phi) is 6.59. The molecule has 1 unspecified atom stereocenters. The summed E-state index contributed by atoms with van der Waals surface area (Å²) in [7, 11) is 0. The number of anilines is 1. The van der Waals surface area contributed by atoms with Crippen molar-refractivity contribution in [2.75, 3.05) is 37.7 Å². The minimum atomic E-state index is -0.928. The Morgan fingerprint density at radius 3 is 2.69 bits per heavy atom. The van der Waals surface area contributed by atoms with Gasteiger partial charge < -0.3 is 19.8 Å². The molecule has 4 aromatic rings. The zero-order valence-electron chi connectivity index (χ0n) is 24.5. The Hall–Kier alpha value is -4.14. The van der Waals surface area contributed by atoms with Crippen LogP contribution in [-0.2, 0) is 0 Å². The molecular formula is C34H32F3N5O3. The van der Waals surface area contributed by atoms with Crippen LogP contribution in [0.15, 0.2) is 30.5 Å². The van der Waals surface area contributed by atoms with Crippen LogP contribution in [0.2, 0.25) is 0 Å². The Morgan fingerprint density at radius 2 is 1.91 bits per heavy atom. The number of aliphatic hydroxyl groups excluding tert-OH is 1. The van der Waals surface area contributed by atoms with Crippen LogP contribution in [0, 0.1) is 35.8 Å². The summed E-state index contributed by atoms with van der Waals surface area (Å²) >= 11 is 0. The van der Waals surface area contributed by atoms with E-state index >= 15 is 4.39 Å². The Morgan fingerprint density at radius 1 is 1.11 bits per heavy atom. The molecule has 0 bridgehead atoms. The van der Waals surface area contributed by atoms with Gasteiger partial charge in [-0.2, -0.15) is 9.97 Å². The third kappa shape index (κ3) is 4.57. The maximum absolute atomic E-state index is 16.7. The number of ether oxygens (including phenoxy) is 1. The van der Waals surface area contributed by atoms with Gasteiger partial charge in [0.25, 0.3) is 0 Å². The lowest BCUT2D eigenvalue weighted by Crippen LogP contribution is -2.43. The first-order valence-electron chi connectivity index (χ1n) is 15.5. The molecule has 4 fully saturated rings. The van der Waals surface area contributed by atoms with Crippen molar-refractivity contribution in [3.05, 3.63) is 47.7 Å². The van der Waals surface area contributed by atoms with Gasteiger partial charge in [-0.15, -0.1) is 6.42 Å². The summed E-state index contributed by atoms with van der Waals surface area (Å²) in [5.41, 5.74) is -0.576. The van der Waals surface area contributed by atoms with Crippen LogP contribution in [0.4, 0.5) is 19.0 Å². The molecule has 0 amide bonds. The number of terminal acetylenes is 1. The molecule has 5 atom stereocenters. The SMILES string of the molecule is C#Cc1c(F)ccc2cc(O)cc(-c3ncc4c(N5C[C@H]6CC(O)C[C@H]6C5)nc(OC[C@@]56CCCN5C[C@H](F)C6)nc4c3F)c12. The molecule has 1 aliphatic carbocycles. The van der Waals surface area contributed by atoms with Crippen molar-refractivity contribution >= 4 is 27.5 Å². The number of hydrogen-bond acceptors (Lipinski definition) is 8. The average molecular weight is 616 g/mol. The fourth-order valence-corrected chi connectivity index (χ4v) is 8.36. The molecule has 2 aromatic carbocycles. The third-order valence-corrected chi connectivity index (χ3v) is 10.4. The van der Waals surface area contributed by atoms with Crippen LogP contribution >= 0.6 is 0 Å². The van der Waals surface area contributed by atoms with Gasteiger partial charge in [-0.05, 0) is 67.6 Å². The van der Waals surface area contributed by atoms with Crippen molar-refractivity contribution in [3.8, 4) is 35.4 Å². The van der Waals surface area contributed by atoms with Gasteiger partial charge in [0.2, 0.25) is 0 Å². The zero-order valence-corrected chi connectivity index (χ0v) is 24.5. The molecule has 1 saturated carbocycles. The number of aromatic hydroxyl groups is 1. The highest BCUT2D eigenvalue weighted by molar-refractivity contribution is 6.03. The lowest BCUT2D eigenvalue weighted by molar-refractivity contribution is 0.107. The van der Waals surface area contributed by atoms with E-state index < -0.39 is 23.3 Å². The monoisotopic (exact) mass is 615 g/mol. The number of phenols is 1. The van der Waals surface area contributed by atoms with E-state index in [4.69, 9.17) is 16.1 Å². The number of aromatic nitrogens is 3. The smallest absolute Gasteiger partial charge is 0.319 e.